The van der Waals surface area contributed by atoms with Crippen molar-refractivity contribution in [1.82, 2.24) is 5.32 Å². The van der Waals surface area contributed by atoms with Crippen LogP contribution < -0.4 is 5.32 Å². The zero-order valence-corrected chi connectivity index (χ0v) is 11.9. The standard InChI is InChI=1S/C19H17NO/c1-13(18-11-6-12-21-18)20-19-16-9-4-2-7-14(16)15-8-3-5-10-17(15)19/h2-13,19-20H,1H3. The molecule has 0 fully saturated rings. The van der Waals surface area contributed by atoms with Crippen LogP contribution in [-0.2, 0) is 0 Å². The summed E-state index contributed by atoms with van der Waals surface area (Å²) < 4.78 is 5.52. The fourth-order valence-corrected chi connectivity index (χ4v) is 3.20. The summed E-state index contributed by atoms with van der Waals surface area (Å²) in [6.07, 6.45) is 1.73. The highest BCUT2D eigenvalue weighted by molar-refractivity contribution is 5.78. The molecule has 0 saturated carbocycles. The molecular weight excluding hydrogens is 258 g/mol. The first-order chi connectivity index (χ1) is 10.3. The van der Waals surface area contributed by atoms with Crippen LogP contribution in [0, 0.1) is 0 Å². The number of nitrogens with one attached hydrogen (secondary N) is 1. The van der Waals surface area contributed by atoms with Crippen molar-refractivity contribution in [3.8, 4) is 11.1 Å². The van der Waals surface area contributed by atoms with Gasteiger partial charge in [-0.15, -0.1) is 0 Å². The van der Waals surface area contributed by atoms with E-state index in [-0.39, 0.29) is 12.1 Å². The molecule has 104 valence electrons. The lowest BCUT2D eigenvalue weighted by atomic mass is 10.0. The topological polar surface area (TPSA) is 25.2 Å². The Morgan fingerprint density at radius 2 is 1.48 bits per heavy atom. The number of hydrogen-bond donors (Lipinski definition) is 1. The molecule has 1 aliphatic rings. The highest BCUT2D eigenvalue weighted by Gasteiger charge is 2.29. The SMILES string of the molecule is CC(NC1c2ccccc2-c2ccccc21)c1ccco1. The van der Waals surface area contributed by atoms with Gasteiger partial charge in [-0.2, -0.15) is 0 Å². The second-order valence-electron chi connectivity index (χ2n) is 5.51. The highest BCUT2D eigenvalue weighted by Crippen LogP contribution is 2.43. The van der Waals surface area contributed by atoms with E-state index < -0.39 is 0 Å². The molecule has 0 saturated heterocycles. The smallest absolute Gasteiger partial charge is 0.120 e. The number of rotatable bonds is 3. The maximum atomic E-state index is 5.52. The van der Waals surface area contributed by atoms with Crippen molar-refractivity contribution >= 4 is 0 Å². The molecule has 4 rings (SSSR count). The Morgan fingerprint density at radius 3 is 2.05 bits per heavy atom. The zero-order chi connectivity index (χ0) is 14.2. The average molecular weight is 275 g/mol. The Morgan fingerprint density at radius 1 is 0.857 bits per heavy atom. The summed E-state index contributed by atoms with van der Waals surface area (Å²) in [6, 6.07) is 21.6. The van der Waals surface area contributed by atoms with Crippen molar-refractivity contribution in [2.45, 2.75) is 19.0 Å². The minimum Gasteiger partial charge on any atom is -0.468 e. The van der Waals surface area contributed by atoms with Gasteiger partial charge < -0.3 is 4.42 Å². The molecule has 1 aliphatic carbocycles. The molecule has 0 amide bonds. The Bertz CT molecular complexity index is 715. The zero-order valence-electron chi connectivity index (χ0n) is 11.9. The Balaban J connectivity index is 1.75. The maximum absolute atomic E-state index is 5.52. The Hall–Kier alpha value is -2.32. The number of benzene rings is 2. The summed E-state index contributed by atoms with van der Waals surface area (Å²) in [5.74, 6) is 0.969. The van der Waals surface area contributed by atoms with Crippen molar-refractivity contribution < 1.29 is 4.42 Å². The third-order valence-corrected chi connectivity index (χ3v) is 4.22. The minimum atomic E-state index is 0.171. The number of hydrogen-bond acceptors (Lipinski definition) is 2. The van der Waals surface area contributed by atoms with Crippen molar-refractivity contribution in [3.05, 3.63) is 83.8 Å². The van der Waals surface area contributed by atoms with Crippen molar-refractivity contribution in [2.75, 3.05) is 0 Å². The van der Waals surface area contributed by atoms with E-state index in [1.54, 1.807) is 6.26 Å². The molecule has 0 aliphatic heterocycles. The van der Waals surface area contributed by atoms with Crippen LogP contribution in [0.1, 0.15) is 35.9 Å². The minimum absolute atomic E-state index is 0.171. The molecule has 1 N–H and O–H groups in total. The Labute approximate surface area is 124 Å². The summed E-state index contributed by atoms with van der Waals surface area (Å²) in [7, 11) is 0. The van der Waals surface area contributed by atoms with E-state index in [9.17, 15) is 0 Å². The molecule has 1 atom stereocenters. The van der Waals surface area contributed by atoms with Crippen LogP contribution in [0.25, 0.3) is 11.1 Å². The van der Waals surface area contributed by atoms with E-state index in [1.807, 2.05) is 12.1 Å². The van der Waals surface area contributed by atoms with E-state index >= 15 is 0 Å². The summed E-state index contributed by atoms with van der Waals surface area (Å²) >= 11 is 0. The quantitative estimate of drug-likeness (QED) is 0.749. The van der Waals surface area contributed by atoms with Crippen molar-refractivity contribution in [2.24, 2.45) is 0 Å². The summed E-state index contributed by atoms with van der Waals surface area (Å²) in [5.41, 5.74) is 5.35. The third-order valence-electron chi connectivity index (χ3n) is 4.22. The van der Waals surface area contributed by atoms with E-state index in [0.717, 1.165) is 5.76 Å². The molecule has 0 spiro atoms. The van der Waals surface area contributed by atoms with Crippen LogP contribution in [0.4, 0.5) is 0 Å². The average Bonchev–Trinajstić information content (AvgIpc) is 3.15. The predicted octanol–water partition coefficient (Wildman–Crippen LogP) is 4.70. The lowest BCUT2D eigenvalue weighted by molar-refractivity contribution is 0.414. The van der Waals surface area contributed by atoms with Crippen LogP contribution in [0.5, 0.6) is 0 Å². The summed E-state index contributed by atoms with van der Waals surface area (Å²) in [4.78, 5) is 0. The molecule has 1 heterocycles. The van der Waals surface area contributed by atoms with Crippen LogP contribution in [0.15, 0.2) is 71.3 Å². The molecule has 0 bridgehead atoms. The van der Waals surface area contributed by atoms with Gasteiger partial charge in [-0.3, -0.25) is 5.32 Å². The van der Waals surface area contributed by atoms with Crippen molar-refractivity contribution in [3.63, 3.8) is 0 Å². The number of furan rings is 1. The molecule has 2 heteroatoms. The fraction of sp³-hybridized carbons (Fsp3) is 0.158. The largest absolute Gasteiger partial charge is 0.468 e. The van der Waals surface area contributed by atoms with Gasteiger partial charge >= 0.3 is 0 Å². The highest BCUT2D eigenvalue weighted by atomic mass is 16.3. The van der Waals surface area contributed by atoms with Gasteiger partial charge in [0.25, 0.3) is 0 Å². The van der Waals surface area contributed by atoms with Crippen LogP contribution in [0.2, 0.25) is 0 Å². The van der Waals surface area contributed by atoms with E-state index in [2.05, 4.69) is 60.8 Å². The van der Waals surface area contributed by atoms with Crippen molar-refractivity contribution in [1.29, 1.82) is 0 Å². The second-order valence-corrected chi connectivity index (χ2v) is 5.51. The first kappa shape index (κ1) is 12.4. The molecule has 3 aromatic rings. The normalized spacial score (nSPS) is 14.7. The van der Waals surface area contributed by atoms with Gasteiger partial charge in [-0.25, -0.2) is 0 Å². The molecular formula is C19H17NO. The summed E-state index contributed by atoms with van der Waals surface area (Å²) in [5, 5.41) is 3.70. The van der Waals surface area contributed by atoms with Crippen LogP contribution in [-0.4, -0.2) is 0 Å². The maximum Gasteiger partial charge on any atom is 0.120 e. The summed E-state index contributed by atoms with van der Waals surface area (Å²) in [6.45, 7) is 2.14. The second kappa shape index (κ2) is 4.90. The Kier molecular flexibility index (Phi) is 2.90. The van der Waals surface area contributed by atoms with Gasteiger partial charge in [0.1, 0.15) is 5.76 Å². The third kappa shape index (κ3) is 1.99. The van der Waals surface area contributed by atoms with Gasteiger partial charge in [0.2, 0.25) is 0 Å². The van der Waals surface area contributed by atoms with Gasteiger partial charge in [-0.05, 0) is 41.3 Å². The predicted molar refractivity (Wildman–Crippen MR) is 84.0 cm³/mol. The molecule has 1 unspecified atom stereocenters. The van der Waals surface area contributed by atoms with Gasteiger partial charge in [0.05, 0.1) is 18.3 Å². The van der Waals surface area contributed by atoms with Gasteiger partial charge in [-0.1, -0.05) is 48.5 Å². The number of fused-ring (bicyclic) bond motifs is 3. The van der Waals surface area contributed by atoms with Gasteiger partial charge in [0.15, 0.2) is 0 Å². The van der Waals surface area contributed by atoms with Crippen LogP contribution >= 0.6 is 0 Å². The van der Waals surface area contributed by atoms with Crippen LogP contribution in [0.3, 0.4) is 0 Å². The first-order valence-corrected chi connectivity index (χ1v) is 7.32. The molecule has 2 nitrogen and oxygen atoms in total. The van der Waals surface area contributed by atoms with E-state index in [4.69, 9.17) is 4.42 Å². The lowest BCUT2D eigenvalue weighted by Crippen LogP contribution is -2.23. The molecule has 0 radical (unpaired) electrons. The molecule has 1 aromatic heterocycles. The molecule has 21 heavy (non-hydrogen) atoms. The molecule has 2 aromatic carbocycles. The van der Waals surface area contributed by atoms with E-state index in [1.165, 1.54) is 22.3 Å². The van der Waals surface area contributed by atoms with E-state index in [0.29, 0.717) is 0 Å². The van der Waals surface area contributed by atoms with Gasteiger partial charge in [0, 0.05) is 0 Å². The first-order valence-electron chi connectivity index (χ1n) is 7.32. The monoisotopic (exact) mass is 275 g/mol. The lowest BCUT2D eigenvalue weighted by Gasteiger charge is -2.20. The fourth-order valence-electron chi connectivity index (χ4n) is 3.20.